The van der Waals surface area contributed by atoms with Gasteiger partial charge in [0.15, 0.2) is 6.61 Å². The van der Waals surface area contributed by atoms with Crippen LogP contribution < -0.4 is 4.74 Å². The molecule has 4 nitrogen and oxygen atoms in total. The number of ether oxygens (including phenoxy) is 2. The van der Waals surface area contributed by atoms with Crippen molar-refractivity contribution >= 4 is 5.97 Å². The van der Waals surface area contributed by atoms with Crippen LogP contribution in [0.2, 0.25) is 0 Å². The molecule has 194 valence electrons. The fourth-order valence-electron chi connectivity index (χ4n) is 5.43. The zero-order valence-corrected chi connectivity index (χ0v) is 22.5. The molecule has 0 radical (unpaired) electrons. The molecule has 0 aliphatic carbocycles. The third-order valence-corrected chi connectivity index (χ3v) is 7.82. The van der Waals surface area contributed by atoms with Crippen LogP contribution in [0.4, 0.5) is 0 Å². The largest absolute Gasteiger partial charge is 0.482 e. The molecule has 4 atom stereocenters. The van der Waals surface area contributed by atoms with E-state index in [1.54, 1.807) is 0 Å². The second kappa shape index (κ2) is 10.9. The number of rotatable bonds is 8. The smallest absolute Gasteiger partial charge is 0.341 e. The van der Waals surface area contributed by atoms with Gasteiger partial charge in [-0.3, -0.25) is 0 Å². The maximum atomic E-state index is 11.3. The second-order valence-corrected chi connectivity index (χ2v) is 10.9. The predicted molar refractivity (Wildman–Crippen MR) is 148 cm³/mol. The minimum absolute atomic E-state index is 0.0265. The molecular formula is C33H38O4. The Labute approximate surface area is 221 Å². The van der Waals surface area contributed by atoms with E-state index < -0.39 is 12.6 Å². The Hall–Kier alpha value is -3.37. The van der Waals surface area contributed by atoms with E-state index in [1.807, 2.05) is 18.2 Å². The molecule has 1 heterocycles. The highest BCUT2D eigenvalue weighted by Gasteiger charge is 2.39. The maximum Gasteiger partial charge on any atom is 0.341 e. The van der Waals surface area contributed by atoms with Gasteiger partial charge in [0.05, 0.1) is 12.2 Å². The lowest BCUT2D eigenvalue weighted by Crippen LogP contribution is -2.35. The van der Waals surface area contributed by atoms with Crippen molar-refractivity contribution < 1.29 is 19.4 Å². The Kier molecular flexibility index (Phi) is 7.89. The molecule has 37 heavy (non-hydrogen) atoms. The standard InChI is InChI=1S/C33H38O4/c1-21(2)27-19-28(24-14-12-22(3)13-15-24)23(4)37-32(27)29-18-26(16-17-30(29)36-20-31(34)35)33(5,6)25-10-8-7-9-11-25/h7-18,23,27-28,32H,1,19-20H2,2-6H3,(H,34,35)/t23-,27-,28-,32-/m0/s1. The summed E-state index contributed by atoms with van der Waals surface area (Å²) in [5, 5.41) is 9.30. The quantitative estimate of drug-likeness (QED) is 0.325. The Morgan fingerprint density at radius 3 is 2.35 bits per heavy atom. The molecule has 1 fully saturated rings. The fraction of sp³-hybridized carbons (Fsp3) is 0.364. The average Bonchev–Trinajstić information content (AvgIpc) is 2.88. The number of carbonyl (C=O) groups is 1. The van der Waals surface area contributed by atoms with E-state index in [0.29, 0.717) is 5.75 Å². The molecule has 0 bridgehead atoms. The molecule has 0 unspecified atom stereocenters. The summed E-state index contributed by atoms with van der Waals surface area (Å²) < 4.78 is 12.6. The van der Waals surface area contributed by atoms with Gasteiger partial charge in [0.1, 0.15) is 5.75 Å². The third-order valence-electron chi connectivity index (χ3n) is 7.82. The van der Waals surface area contributed by atoms with Crippen LogP contribution >= 0.6 is 0 Å². The second-order valence-electron chi connectivity index (χ2n) is 10.9. The third kappa shape index (κ3) is 5.80. The number of hydrogen-bond acceptors (Lipinski definition) is 3. The van der Waals surface area contributed by atoms with Gasteiger partial charge in [-0.05, 0) is 56.0 Å². The fourth-order valence-corrected chi connectivity index (χ4v) is 5.43. The molecule has 1 saturated heterocycles. The van der Waals surface area contributed by atoms with Gasteiger partial charge in [-0.15, -0.1) is 0 Å². The molecule has 0 amide bonds. The molecule has 4 heteroatoms. The van der Waals surface area contributed by atoms with Crippen molar-refractivity contribution in [2.75, 3.05) is 6.61 Å². The summed E-state index contributed by atoms with van der Waals surface area (Å²) in [7, 11) is 0. The Morgan fingerprint density at radius 2 is 1.73 bits per heavy atom. The first-order valence-corrected chi connectivity index (χ1v) is 13.0. The van der Waals surface area contributed by atoms with Crippen molar-refractivity contribution in [3.8, 4) is 5.75 Å². The Morgan fingerprint density at radius 1 is 1.05 bits per heavy atom. The number of carboxylic acids is 1. The summed E-state index contributed by atoms with van der Waals surface area (Å²) in [6.07, 6.45) is 0.584. The molecule has 0 spiro atoms. The molecule has 1 aliphatic heterocycles. The topological polar surface area (TPSA) is 55.8 Å². The first kappa shape index (κ1) is 26.7. The highest BCUT2D eigenvalue weighted by molar-refractivity contribution is 5.68. The average molecular weight is 499 g/mol. The van der Waals surface area contributed by atoms with E-state index in [4.69, 9.17) is 9.47 Å². The lowest BCUT2D eigenvalue weighted by atomic mass is 9.74. The van der Waals surface area contributed by atoms with E-state index in [-0.39, 0.29) is 29.5 Å². The van der Waals surface area contributed by atoms with Crippen molar-refractivity contribution in [1.29, 1.82) is 0 Å². The molecule has 1 aliphatic rings. The first-order valence-electron chi connectivity index (χ1n) is 13.0. The van der Waals surface area contributed by atoms with Gasteiger partial charge in [0, 0.05) is 22.8 Å². The van der Waals surface area contributed by atoms with E-state index in [9.17, 15) is 9.90 Å². The van der Waals surface area contributed by atoms with Gasteiger partial charge in [0.2, 0.25) is 0 Å². The molecular weight excluding hydrogens is 460 g/mol. The summed E-state index contributed by atoms with van der Waals surface area (Å²) in [5.74, 6) is -0.156. The summed E-state index contributed by atoms with van der Waals surface area (Å²) in [4.78, 5) is 11.3. The van der Waals surface area contributed by atoms with Crippen LogP contribution in [0.5, 0.6) is 5.75 Å². The van der Waals surface area contributed by atoms with E-state index in [0.717, 1.165) is 23.1 Å². The maximum absolute atomic E-state index is 11.3. The van der Waals surface area contributed by atoms with Crippen LogP contribution in [-0.4, -0.2) is 23.8 Å². The lowest BCUT2D eigenvalue weighted by Gasteiger charge is -2.42. The lowest BCUT2D eigenvalue weighted by molar-refractivity contribution is -0.139. The van der Waals surface area contributed by atoms with Gasteiger partial charge in [-0.25, -0.2) is 4.79 Å². The summed E-state index contributed by atoms with van der Waals surface area (Å²) >= 11 is 0. The van der Waals surface area contributed by atoms with Crippen LogP contribution in [0.15, 0.2) is 84.9 Å². The monoisotopic (exact) mass is 498 g/mol. The highest BCUT2D eigenvalue weighted by atomic mass is 16.5. The van der Waals surface area contributed by atoms with E-state index in [2.05, 4.69) is 95.8 Å². The molecule has 3 aromatic carbocycles. The minimum atomic E-state index is -1.01. The van der Waals surface area contributed by atoms with Crippen molar-refractivity contribution in [2.45, 2.75) is 64.6 Å². The molecule has 0 aromatic heterocycles. The van der Waals surface area contributed by atoms with Gasteiger partial charge in [-0.2, -0.15) is 0 Å². The number of aryl methyl sites for hydroxylation is 1. The van der Waals surface area contributed by atoms with Crippen LogP contribution in [0.1, 0.15) is 74.0 Å². The number of hydrogen-bond donors (Lipinski definition) is 1. The number of carboxylic acid groups (broad SMARTS) is 1. The van der Waals surface area contributed by atoms with Crippen molar-refractivity contribution in [3.05, 3.63) is 113 Å². The van der Waals surface area contributed by atoms with Gasteiger partial charge >= 0.3 is 5.97 Å². The SMILES string of the molecule is C=C(C)[C@@H]1C[C@H](c2ccc(C)cc2)[C@H](C)O[C@@H]1c1cc(C(C)(C)c2ccccc2)ccc1OCC(=O)O. The van der Waals surface area contributed by atoms with E-state index in [1.165, 1.54) is 16.7 Å². The van der Waals surface area contributed by atoms with Crippen molar-refractivity contribution in [3.63, 3.8) is 0 Å². The van der Waals surface area contributed by atoms with Gasteiger partial charge in [-0.1, -0.05) is 92.2 Å². The summed E-state index contributed by atoms with van der Waals surface area (Å²) in [6, 6.07) is 25.2. The van der Waals surface area contributed by atoms with Gasteiger partial charge in [0.25, 0.3) is 0 Å². The highest BCUT2D eigenvalue weighted by Crippen LogP contribution is 2.49. The zero-order valence-electron chi connectivity index (χ0n) is 22.5. The molecule has 1 N–H and O–H groups in total. The van der Waals surface area contributed by atoms with E-state index >= 15 is 0 Å². The number of benzene rings is 3. The zero-order chi connectivity index (χ0) is 26.7. The Balaban J connectivity index is 1.76. The van der Waals surface area contributed by atoms with Crippen LogP contribution in [0.25, 0.3) is 0 Å². The normalized spacial score (nSPS) is 21.9. The summed E-state index contributed by atoms with van der Waals surface area (Å²) in [5.41, 5.74) is 6.49. The van der Waals surface area contributed by atoms with Gasteiger partial charge < -0.3 is 14.6 Å². The van der Waals surface area contributed by atoms with Crippen molar-refractivity contribution in [2.24, 2.45) is 5.92 Å². The minimum Gasteiger partial charge on any atom is -0.482 e. The van der Waals surface area contributed by atoms with Crippen molar-refractivity contribution in [1.82, 2.24) is 0 Å². The molecule has 3 aromatic rings. The first-order chi connectivity index (χ1) is 17.6. The molecule has 4 rings (SSSR count). The van der Waals surface area contributed by atoms with Crippen LogP contribution in [0, 0.1) is 12.8 Å². The Bertz CT molecular complexity index is 1240. The van der Waals surface area contributed by atoms with Crippen LogP contribution in [-0.2, 0) is 14.9 Å². The van der Waals surface area contributed by atoms with Crippen LogP contribution in [0.3, 0.4) is 0 Å². The summed E-state index contributed by atoms with van der Waals surface area (Å²) in [6.45, 7) is 14.6. The molecule has 0 saturated carbocycles. The number of aliphatic carboxylic acids is 1. The predicted octanol–water partition coefficient (Wildman–Crippen LogP) is 7.61.